The largest absolute Gasteiger partial charge is 0.462 e. The van der Waals surface area contributed by atoms with Crippen molar-refractivity contribution in [3.8, 4) is 0 Å². The van der Waals surface area contributed by atoms with Gasteiger partial charge in [-0.2, -0.15) is 0 Å². The average Bonchev–Trinajstić information content (AvgIpc) is 2.57. The monoisotopic (exact) mass is 390 g/mol. The molecule has 0 aromatic heterocycles. The Labute approximate surface area is 149 Å². The van der Waals surface area contributed by atoms with Crippen molar-refractivity contribution in [2.45, 2.75) is 13.3 Å². The summed E-state index contributed by atoms with van der Waals surface area (Å²) < 4.78 is 5.94. The molecular formula is C18H19BrN2O3. The summed E-state index contributed by atoms with van der Waals surface area (Å²) in [5.41, 5.74) is 2.20. The van der Waals surface area contributed by atoms with Crippen LogP contribution in [0.25, 0.3) is 0 Å². The molecule has 2 N–H and O–H groups in total. The standard InChI is InChI=1S/C18H19BrN2O3/c1-2-24-17(22)14-7-9-15(10-8-14)21-18(23)20-12-11-13-5-3-4-6-16(13)19/h3-10H,2,11-12H2,1H3,(H2,20,21,23). The predicted octanol–water partition coefficient (Wildman–Crippen LogP) is 3.99. The van der Waals surface area contributed by atoms with E-state index in [1.807, 2.05) is 24.3 Å². The SMILES string of the molecule is CCOC(=O)c1ccc(NC(=O)NCCc2ccccc2Br)cc1. The van der Waals surface area contributed by atoms with Crippen LogP contribution in [-0.2, 0) is 11.2 Å². The zero-order valence-corrected chi connectivity index (χ0v) is 14.9. The molecule has 0 heterocycles. The third-order valence-electron chi connectivity index (χ3n) is 3.29. The number of benzene rings is 2. The Morgan fingerprint density at radius 2 is 1.79 bits per heavy atom. The van der Waals surface area contributed by atoms with Gasteiger partial charge >= 0.3 is 12.0 Å². The van der Waals surface area contributed by atoms with Gasteiger partial charge in [0.05, 0.1) is 12.2 Å². The number of nitrogens with one attached hydrogen (secondary N) is 2. The molecule has 6 heteroatoms. The number of rotatable bonds is 6. The van der Waals surface area contributed by atoms with Crippen molar-refractivity contribution >= 4 is 33.6 Å². The molecule has 0 saturated carbocycles. The van der Waals surface area contributed by atoms with E-state index in [4.69, 9.17) is 4.74 Å². The number of ether oxygens (including phenoxy) is 1. The number of amides is 2. The van der Waals surface area contributed by atoms with Crippen LogP contribution >= 0.6 is 15.9 Å². The first kappa shape index (κ1) is 18.0. The van der Waals surface area contributed by atoms with Crippen LogP contribution in [0.1, 0.15) is 22.8 Å². The summed E-state index contributed by atoms with van der Waals surface area (Å²) >= 11 is 3.48. The van der Waals surface area contributed by atoms with Gasteiger partial charge in [0.1, 0.15) is 0 Å². The van der Waals surface area contributed by atoms with Crippen molar-refractivity contribution < 1.29 is 14.3 Å². The lowest BCUT2D eigenvalue weighted by Crippen LogP contribution is -2.30. The summed E-state index contributed by atoms with van der Waals surface area (Å²) in [7, 11) is 0. The molecule has 2 amide bonds. The summed E-state index contributed by atoms with van der Waals surface area (Å²) in [6.07, 6.45) is 0.733. The van der Waals surface area contributed by atoms with Crippen molar-refractivity contribution in [2.75, 3.05) is 18.5 Å². The number of carbonyl (C=O) groups is 2. The summed E-state index contributed by atoms with van der Waals surface area (Å²) in [5.74, 6) is -0.373. The van der Waals surface area contributed by atoms with Crippen molar-refractivity contribution in [3.05, 3.63) is 64.1 Å². The van der Waals surface area contributed by atoms with Gasteiger partial charge in [0, 0.05) is 16.7 Å². The second-order valence-corrected chi connectivity index (χ2v) is 5.87. The van der Waals surface area contributed by atoms with Crippen LogP contribution in [0.4, 0.5) is 10.5 Å². The molecule has 0 aliphatic rings. The van der Waals surface area contributed by atoms with Crippen molar-refractivity contribution in [2.24, 2.45) is 0 Å². The zero-order valence-electron chi connectivity index (χ0n) is 13.3. The van der Waals surface area contributed by atoms with E-state index in [1.165, 1.54) is 0 Å². The highest BCUT2D eigenvalue weighted by Crippen LogP contribution is 2.16. The molecule has 5 nitrogen and oxygen atoms in total. The van der Waals surface area contributed by atoms with Gasteiger partial charge in [-0.1, -0.05) is 34.1 Å². The van der Waals surface area contributed by atoms with Gasteiger partial charge in [-0.3, -0.25) is 0 Å². The van der Waals surface area contributed by atoms with Gasteiger partial charge < -0.3 is 15.4 Å². The maximum atomic E-state index is 11.9. The molecule has 2 aromatic rings. The zero-order chi connectivity index (χ0) is 17.4. The van der Waals surface area contributed by atoms with Crippen LogP contribution in [0.5, 0.6) is 0 Å². The Hall–Kier alpha value is -2.34. The van der Waals surface area contributed by atoms with Gasteiger partial charge in [0.2, 0.25) is 0 Å². The number of carbonyl (C=O) groups excluding carboxylic acids is 2. The number of halogens is 1. The number of esters is 1. The van der Waals surface area contributed by atoms with Crippen LogP contribution in [0.2, 0.25) is 0 Å². The van der Waals surface area contributed by atoms with Gasteiger partial charge in [0.15, 0.2) is 0 Å². The first-order chi connectivity index (χ1) is 11.6. The lowest BCUT2D eigenvalue weighted by atomic mass is 10.1. The molecule has 126 valence electrons. The molecule has 2 aromatic carbocycles. The summed E-state index contributed by atoms with van der Waals surface area (Å²) in [6.45, 7) is 2.61. The van der Waals surface area contributed by atoms with Crippen LogP contribution in [0.15, 0.2) is 53.0 Å². The molecule has 2 rings (SSSR count). The highest BCUT2D eigenvalue weighted by molar-refractivity contribution is 9.10. The first-order valence-electron chi connectivity index (χ1n) is 7.65. The van der Waals surface area contributed by atoms with E-state index in [0.29, 0.717) is 24.4 Å². The summed E-state index contributed by atoms with van der Waals surface area (Å²) in [5, 5.41) is 5.53. The van der Waals surface area contributed by atoms with Gasteiger partial charge in [0.25, 0.3) is 0 Å². The second-order valence-electron chi connectivity index (χ2n) is 5.02. The Kier molecular flexibility index (Phi) is 6.81. The molecule has 0 atom stereocenters. The Bertz CT molecular complexity index is 702. The van der Waals surface area contributed by atoms with Crippen molar-refractivity contribution in [1.82, 2.24) is 5.32 Å². The molecule has 0 unspecified atom stereocenters. The lowest BCUT2D eigenvalue weighted by molar-refractivity contribution is 0.0526. The normalized spacial score (nSPS) is 10.1. The van der Waals surface area contributed by atoms with E-state index >= 15 is 0 Å². The van der Waals surface area contributed by atoms with Gasteiger partial charge in [-0.25, -0.2) is 9.59 Å². The fraction of sp³-hybridized carbons (Fsp3) is 0.222. The summed E-state index contributed by atoms with van der Waals surface area (Å²) in [4.78, 5) is 23.4. The van der Waals surface area contributed by atoms with Gasteiger partial charge in [-0.15, -0.1) is 0 Å². The third kappa shape index (κ3) is 5.38. The Balaban J connectivity index is 1.80. The van der Waals surface area contributed by atoms with E-state index in [2.05, 4.69) is 26.6 Å². The van der Waals surface area contributed by atoms with E-state index in [-0.39, 0.29) is 12.0 Å². The van der Waals surface area contributed by atoms with E-state index < -0.39 is 0 Å². The Morgan fingerprint density at radius 1 is 1.08 bits per heavy atom. The number of hydrogen-bond acceptors (Lipinski definition) is 3. The number of anilines is 1. The number of urea groups is 1. The molecule has 0 bridgehead atoms. The van der Waals surface area contributed by atoms with E-state index in [9.17, 15) is 9.59 Å². The molecule has 0 radical (unpaired) electrons. The highest BCUT2D eigenvalue weighted by Gasteiger charge is 2.07. The van der Waals surface area contributed by atoms with Crippen LogP contribution in [0, 0.1) is 0 Å². The molecule has 0 fully saturated rings. The quantitative estimate of drug-likeness (QED) is 0.732. The topological polar surface area (TPSA) is 67.4 Å². The summed E-state index contributed by atoms with van der Waals surface area (Å²) in [6, 6.07) is 14.2. The minimum atomic E-state index is -0.373. The first-order valence-corrected chi connectivity index (χ1v) is 8.45. The lowest BCUT2D eigenvalue weighted by Gasteiger charge is -2.09. The minimum absolute atomic E-state index is 0.286. The predicted molar refractivity (Wildman–Crippen MR) is 97.3 cm³/mol. The third-order valence-corrected chi connectivity index (χ3v) is 4.07. The molecule has 0 spiro atoms. The van der Waals surface area contributed by atoms with E-state index in [1.54, 1.807) is 31.2 Å². The maximum absolute atomic E-state index is 11.9. The molecule has 0 aliphatic carbocycles. The fourth-order valence-corrected chi connectivity index (χ4v) is 2.57. The van der Waals surface area contributed by atoms with Crippen molar-refractivity contribution in [1.29, 1.82) is 0 Å². The fourth-order valence-electron chi connectivity index (χ4n) is 2.09. The molecule has 24 heavy (non-hydrogen) atoms. The molecular weight excluding hydrogens is 372 g/mol. The van der Waals surface area contributed by atoms with Crippen LogP contribution in [0.3, 0.4) is 0 Å². The van der Waals surface area contributed by atoms with Crippen LogP contribution < -0.4 is 10.6 Å². The number of hydrogen-bond donors (Lipinski definition) is 2. The molecule has 0 aliphatic heterocycles. The minimum Gasteiger partial charge on any atom is -0.462 e. The maximum Gasteiger partial charge on any atom is 0.338 e. The Morgan fingerprint density at radius 3 is 2.46 bits per heavy atom. The second kappa shape index (κ2) is 9.08. The molecule has 0 saturated heterocycles. The highest BCUT2D eigenvalue weighted by atomic mass is 79.9. The van der Waals surface area contributed by atoms with E-state index in [0.717, 1.165) is 16.5 Å². The van der Waals surface area contributed by atoms with Crippen LogP contribution in [-0.4, -0.2) is 25.2 Å². The van der Waals surface area contributed by atoms with Gasteiger partial charge in [-0.05, 0) is 49.2 Å². The smallest absolute Gasteiger partial charge is 0.338 e. The van der Waals surface area contributed by atoms with Crippen molar-refractivity contribution in [3.63, 3.8) is 0 Å². The average molecular weight is 391 g/mol.